The third-order valence-corrected chi connectivity index (χ3v) is 7.72. The van der Waals surface area contributed by atoms with Gasteiger partial charge in [0.25, 0.3) is 0 Å². The Morgan fingerprint density at radius 2 is 1.87 bits per heavy atom. The number of imidazole rings is 1. The van der Waals surface area contributed by atoms with Crippen molar-refractivity contribution in [2.45, 2.75) is 29.9 Å². The maximum atomic E-state index is 13.2. The number of aliphatic carboxylic acids is 1. The Hall–Kier alpha value is -3.54. The molecule has 2 unspecified atom stereocenters. The summed E-state index contributed by atoms with van der Waals surface area (Å²) in [4.78, 5) is 16.0. The molecule has 38 heavy (non-hydrogen) atoms. The summed E-state index contributed by atoms with van der Waals surface area (Å²) in [5, 5.41) is 9.47. The van der Waals surface area contributed by atoms with Crippen LogP contribution < -0.4 is 4.74 Å². The lowest BCUT2D eigenvalue weighted by Crippen LogP contribution is -2.11. The van der Waals surface area contributed by atoms with E-state index in [9.17, 15) is 22.0 Å². The van der Waals surface area contributed by atoms with Gasteiger partial charge in [-0.2, -0.15) is 8.78 Å². The van der Waals surface area contributed by atoms with E-state index in [0.29, 0.717) is 27.6 Å². The van der Waals surface area contributed by atoms with Crippen LogP contribution in [0.2, 0.25) is 5.02 Å². The molecular weight excluding hydrogens is 542 g/mol. The second-order valence-electron chi connectivity index (χ2n) is 8.87. The molecule has 0 radical (unpaired) electrons. The molecule has 1 N–H and O–H groups in total. The van der Waals surface area contributed by atoms with Crippen molar-refractivity contribution in [2.75, 3.05) is 12.9 Å². The summed E-state index contributed by atoms with van der Waals surface area (Å²) in [6, 6.07) is 14.4. The third kappa shape index (κ3) is 5.09. The number of hydrogen-bond acceptors (Lipinski definition) is 6. The zero-order chi connectivity index (χ0) is 27.2. The van der Waals surface area contributed by atoms with Crippen LogP contribution in [0.1, 0.15) is 35.4 Å². The maximum Gasteiger partial charge on any atom is 0.387 e. The highest BCUT2D eigenvalue weighted by Crippen LogP contribution is 2.49. The van der Waals surface area contributed by atoms with Crippen LogP contribution in [0.3, 0.4) is 0 Å². The number of rotatable bonds is 8. The van der Waals surface area contributed by atoms with E-state index in [1.807, 2.05) is 6.07 Å². The first-order valence-electron chi connectivity index (χ1n) is 11.4. The van der Waals surface area contributed by atoms with E-state index < -0.39 is 41.0 Å². The predicted octanol–water partition coefficient (Wildman–Crippen LogP) is 5.34. The van der Waals surface area contributed by atoms with Gasteiger partial charge >= 0.3 is 12.6 Å². The van der Waals surface area contributed by atoms with Gasteiger partial charge in [-0.05, 0) is 60.0 Å². The number of carboxylic acids is 1. The van der Waals surface area contributed by atoms with Gasteiger partial charge in [-0.1, -0.05) is 23.7 Å². The van der Waals surface area contributed by atoms with E-state index in [-0.39, 0.29) is 17.1 Å². The van der Waals surface area contributed by atoms with Crippen molar-refractivity contribution in [3.63, 3.8) is 0 Å². The summed E-state index contributed by atoms with van der Waals surface area (Å²) >= 11 is 6.22. The lowest BCUT2D eigenvalue weighted by molar-refractivity contribution is -0.144. The van der Waals surface area contributed by atoms with E-state index in [0.717, 1.165) is 17.4 Å². The molecule has 1 aliphatic rings. The molecule has 1 aliphatic carbocycles. The molecule has 0 amide bonds. The first-order chi connectivity index (χ1) is 18.0. The fourth-order valence-corrected chi connectivity index (χ4v) is 5.57. The van der Waals surface area contributed by atoms with E-state index in [2.05, 4.69) is 4.98 Å². The van der Waals surface area contributed by atoms with E-state index in [1.54, 1.807) is 34.9 Å². The quantitative estimate of drug-likeness (QED) is 0.309. The highest BCUT2D eigenvalue weighted by Gasteiger charge is 2.39. The molecule has 8 nitrogen and oxygen atoms in total. The minimum atomic E-state index is -3.35. The Balaban J connectivity index is 1.64. The second-order valence-corrected chi connectivity index (χ2v) is 11.3. The summed E-state index contributed by atoms with van der Waals surface area (Å²) in [5.74, 6) is -1.75. The number of benzene rings is 2. The van der Waals surface area contributed by atoms with Crippen LogP contribution in [0.15, 0.2) is 65.7 Å². The summed E-state index contributed by atoms with van der Waals surface area (Å²) in [6.07, 6.45) is 2.47. The van der Waals surface area contributed by atoms with E-state index >= 15 is 0 Å². The second kappa shape index (κ2) is 9.97. The van der Waals surface area contributed by atoms with Crippen molar-refractivity contribution in [1.82, 2.24) is 9.38 Å². The molecule has 2 heterocycles. The number of pyridine rings is 1. The van der Waals surface area contributed by atoms with Crippen LogP contribution in [0, 0.1) is 0 Å². The van der Waals surface area contributed by atoms with Crippen LogP contribution in [0.25, 0.3) is 16.8 Å². The average Bonchev–Trinajstić information content (AvgIpc) is 3.40. The average molecular weight is 563 g/mol. The van der Waals surface area contributed by atoms with Gasteiger partial charge in [0.05, 0.1) is 16.3 Å². The van der Waals surface area contributed by atoms with E-state index in [1.165, 1.54) is 24.3 Å². The maximum absolute atomic E-state index is 13.2. The van der Waals surface area contributed by atoms with Crippen LogP contribution in [0.5, 0.6) is 5.75 Å². The Bertz CT molecular complexity index is 1640. The molecule has 0 spiro atoms. The monoisotopic (exact) mass is 562 g/mol. The van der Waals surface area contributed by atoms with Crippen molar-refractivity contribution in [1.29, 1.82) is 0 Å². The molecule has 0 saturated carbocycles. The molecule has 2 atom stereocenters. The zero-order valence-corrected chi connectivity index (χ0v) is 21.4. The van der Waals surface area contributed by atoms with Crippen LogP contribution in [-0.2, 0) is 19.4 Å². The number of halogens is 3. The molecule has 0 fully saturated rings. The Morgan fingerprint density at radius 1 is 1.16 bits per heavy atom. The molecule has 2 aromatic carbocycles. The van der Waals surface area contributed by atoms with Gasteiger partial charge < -0.3 is 19.0 Å². The third-order valence-electron chi connectivity index (χ3n) is 6.36. The topological polar surface area (TPSA) is 107 Å². The summed E-state index contributed by atoms with van der Waals surface area (Å²) in [5.41, 5.74) is 3.56. The first kappa shape index (κ1) is 26.1. The SMILES string of the molecule is CS(=O)(=O)c1ccc(-c2ccc3nc4c(n3c2)C(c2cc(Cl)ccc2OC(F)F)CC4OCC(=O)O)cc1. The number of nitrogens with zero attached hydrogens (tertiary/aromatic N) is 2. The highest BCUT2D eigenvalue weighted by molar-refractivity contribution is 7.90. The van der Waals surface area contributed by atoms with Crippen LogP contribution >= 0.6 is 11.6 Å². The number of sulfone groups is 1. The number of alkyl halides is 2. The standard InChI is InChI=1S/C26H21ClF2N2O6S/c1-38(34,35)17-6-2-14(3-7-17)15-4-9-22-30-24-21(36-13-23(32)33)11-19(25(24)31(22)12-15)18-10-16(27)5-8-20(18)37-26(28)29/h2-10,12,19,21,26H,11,13H2,1H3,(H,32,33). The van der Waals surface area contributed by atoms with Gasteiger partial charge in [-0.3, -0.25) is 0 Å². The molecule has 12 heteroatoms. The minimum Gasteiger partial charge on any atom is -0.480 e. The predicted molar refractivity (Wildman–Crippen MR) is 135 cm³/mol. The fourth-order valence-electron chi connectivity index (χ4n) is 4.76. The van der Waals surface area contributed by atoms with Crippen LogP contribution in [0.4, 0.5) is 8.78 Å². The molecule has 0 saturated heterocycles. The Labute approximate surface area is 221 Å². The van der Waals surface area contributed by atoms with Crippen molar-refractivity contribution in [3.8, 4) is 16.9 Å². The fraction of sp³-hybridized carbons (Fsp3) is 0.231. The molecular formula is C26H21ClF2N2O6S. The van der Waals surface area contributed by atoms with Crippen molar-refractivity contribution in [2.24, 2.45) is 0 Å². The molecule has 198 valence electrons. The van der Waals surface area contributed by atoms with Gasteiger partial charge in [0.15, 0.2) is 9.84 Å². The number of aromatic nitrogens is 2. The highest BCUT2D eigenvalue weighted by atomic mass is 35.5. The van der Waals surface area contributed by atoms with Gasteiger partial charge in [0.1, 0.15) is 24.1 Å². The minimum absolute atomic E-state index is 0.0540. The molecule has 0 bridgehead atoms. The molecule has 2 aromatic heterocycles. The number of fused-ring (bicyclic) bond motifs is 3. The number of hydrogen-bond donors (Lipinski definition) is 1. The van der Waals surface area contributed by atoms with Crippen LogP contribution in [-0.4, -0.2) is 48.4 Å². The number of ether oxygens (including phenoxy) is 2. The normalized spacial score (nSPS) is 17.2. The summed E-state index contributed by atoms with van der Waals surface area (Å²) < 4.78 is 62.3. The number of carboxylic acid groups (broad SMARTS) is 1. The lowest BCUT2D eigenvalue weighted by atomic mass is 9.95. The summed E-state index contributed by atoms with van der Waals surface area (Å²) in [6.45, 7) is -3.61. The number of carbonyl (C=O) groups is 1. The summed E-state index contributed by atoms with van der Waals surface area (Å²) in [7, 11) is -3.35. The van der Waals surface area contributed by atoms with Gasteiger partial charge in [-0.25, -0.2) is 18.2 Å². The lowest BCUT2D eigenvalue weighted by Gasteiger charge is -2.18. The Kier molecular flexibility index (Phi) is 6.84. The molecule has 5 rings (SSSR count). The largest absolute Gasteiger partial charge is 0.480 e. The van der Waals surface area contributed by atoms with Crippen molar-refractivity contribution >= 4 is 33.1 Å². The Morgan fingerprint density at radius 3 is 2.53 bits per heavy atom. The van der Waals surface area contributed by atoms with Gasteiger partial charge in [0, 0.05) is 29.0 Å². The first-order valence-corrected chi connectivity index (χ1v) is 13.7. The van der Waals surface area contributed by atoms with Gasteiger partial charge in [-0.15, -0.1) is 0 Å². The molecule has 4 aromatic rings. The smallest absolute Gasteiger partial charge is 0.387 e. The van der Waals surface area contributed by atoms with E-state index in [4.69, 9.17) is 26.2 Å². The zero-order valence-electron chi connectivity index (χ0n) is 19.8. The van der Waals surface area contributed by atoms with Crippen molar-refractivity contribution < 1.29 is 36.6 Å². The molecule has 0 aliphatic heterocycles. The van der Waals surface area contributed by atoms with Crippen molar-refractivity contribution in [3.05, 3.63) is 82.8 Å². The van der Waals surface area contributed by atoms with Gasteiger partial charge in [0.2, 0.25) is 0 Å².